The van der Waals surface area contributed by atoms with Gasteiger partial charge in [0.2, 0.25) is 0 Å². The Morgan fingerprint density at radius 2 is 1.95 bits per heavy atom. The third-order valence-corrected chi connectivity index (χ3v) is 5.53. The summed E-state index contributed by atoms with van der Waals surface area (Å²) in [5.41, 5.74) is 1.13. The Hall–Kier alpha value is -0.400. The first-order chi connectivity index (χ1) is 9.36. The highest BCUT2D eigenvalue weighted by atomic mass is 35.5. The highest BCUT2D eigenvalue weighted by Crippen LogP contribution is 2.47. The molecule has 0 bridgehead atoms. The number of benzene rings is 1. The van der Waals surface area contributed by atoms with Crippen molar-refractivity contribution in [2.45, 2.75) is 50.8 Å². The van der Waals surface area contributed by atoms with E-state index in [0.29, 0.717) is 5.92 Å². The summed E-state index contributed by atoms with van der Waals surface area (Å²) in [6, 6.07) is 5.86. The minimum absolute atomic E-state index is 0.0389. The Morgan fingerprint density at radius 3 is 2.55 bits per heavy atom. The molecule has 3 unspecified atom stereocenters. The average molecular weight is 315 g/mol. The molecular weight excluding hydrogens is 291 g/mol. The summed E-state index contributed by atoms with van der Waals surface area (Å²) in [6.45, 7) is 6.81. The van der Waals surface area contributed by atoms with E-state index in [0.717, 1.165) is 35.1 Å². The summed E-state index contributed by atoms with van der Waals surface area (Å²) in [5, 5.41) is 0.974. The summed E-state index contributed by atoms with van der Waals surface area (Å²) >= 11 is 12.9. The largest absolute Gasteiger partial charge is 0.496 e. The van der Waals surface area contributed by atoms with Gasteiger partial charge in [-0.25, -0.2) is 0 Å². The van der Waals surface area contributed by atoms with Crippen LogP contribution < -0.4 is 4.74 Å². The van der Waals surface area contributed by atoms with Crippen molar-refractivity contribution in [2.75, 3.05) is 7.11 Å². The lowest BCUT2D eigenvalue weighted by Gasteiger charge is -2.42. The summed E-state index contributed by atoms with van der Waals surface area (Å²) in [4.78, 5) is 0. The fourth-order valence-electron chi connectivity index (χ4n) is 3.51. The third-order valence-electron chi connectivity index (χ3n) is 4.82. The maximum absolute atomic E-state index is 6.67. The minimum atomic E-state index is -0.0389. The SMILES string of the molecule is COc1ccc(Cl)cc1C(C)(C)C1CCC(C)CC1Cl. The predicted molar refractivity (Wildman–Crippen MR) is 87.2 cm³/mol. The Labute approximate surface area is 132 Å². The summed E-state index contributed by atoms with van der Waals surface area (Å²) in [6.07, 6.45) is 3.51. The Bertz CT molecular complexity index is 470. The van der Waals surface area contributed by atoms with E-state index in [1.165, 1.54) is 6.42 Å². The van der Waals surface area contributed by atoms with Gasteiger partial charge < -0.3 is 4.74 Å². The van der Waals surface area contributed by atoms with Gasteiger partial charge in [-0.15, -0.1) is 11.6 Å². The van der Waals surface area contributed by atoms with Gasteiger partial charge in [-0.05, 0) is 48.3 Å². The average Bonchev–Trinajstić information content (AvgIpc) is 2.38. The monoisotopic (exact) mass is 314 g/mol. The fraction of sp³-hybridized carbons (Fsp3) is 0.647. The standard InChI is InChI=1S/C17H24Cl2O/c1-11-5-7-13(15(19)9-11)17(2,3)14-10-12(18)6-8-16(14)20-4/h6,8,10-11,13,15H,5,7,9H2,1-4H3. The van der Waals surface area contributed by atoms with Crippen LogP contribution in [0.1, 0.15) is 45.6 Å². The molecule has 1 aliphatic carbocycles. The fourth-order valence-corrected chi connectivity index (χ4v) is 4.43. The molecule has 0 radical (unpaired) electrons. The van der Waals surface area contributed by atoms with Gasteiger partial charge >= 0.3 is 0 Å². The smallest absolute Gasteiger partial charge is 0.122 e. The van der Waals surface area contributed by atoms with E-state index >= 15 is 0 Å². The van der Waals surface area contributed by atoms with Gasteiger partial charge in [-0.1, -0.05) is 38.8 Å². The zero-order chi connectivity index (χ0) is 14.9. The molecule has 112 valence electrons. The summed E-state index contributed by atoms with van der Waals surface area (Å²) in [5.74, 6) is 2.08. The maximum atomic E-state index is 6.67. The maximum Gasteiger partial charge on any atom is 0.122 e. The molecule has 0 spiro atoms. The Balaban J connectivity index is 2.36. The summed E-state index contributed by atoms with van der Waals surface area (Å²) < 4.78 is 5.53. The van der Waals surface area contributed by atoms with Crippen LogP contribution in [0.25, 0.3) is 0 Å². The molecule has 0 amide bonds. The molecule has 1 fully saturated rings. The van der Waals surface area contributed by atoms with Crippen LogP contribution in [0, 0.1) is 11.8 Å². The highest BCUT2D eigenvalue weighted by Gasteiger charge is 2.40. The van der Waals surface area contributed by atoms with Crippen LogP contribution in [0.4, 0.5) is 0 Å². The zero-order valence-electron chi connectivity index (χ0n) is 12.7. The number of rotatable bonds is 3. The van der Waals surface area contributed by atoms with Crippen LogP contribution in [0.2, 0.25) is 5.02 Å². The van der Waals surface area contributed by atoms with Gasteiger partial charge in [0.05, 0.1) is 7.11 Å². The van der Waals surface area contributed by atoms with E-state index in [1.807, 2.05) is 18.2 Å². The number of hydrogen-bond acceptors (Lipinski definition) is 1. The van der Waals surface area contributed by atoms with Crippen molar-refractivity contribution in [2.24, 2.45) is 11.8 Å². The normalized spacial score (nSPS) is 27.4. The molecule has 3 atom stereocenters. The lowest BCUT2D eigenvalue weighted by molar-refractivity contribution is 0.204. The van der Waals surface area contributed by atoms with Crippen LogP contribution >= 0.6 is 23.2 Å². The first-order valence-electron chi connectivity index (χ1n) is 7.34. The molecule has 2 rings (SSSR count). The second-order valence-corrected chi connectivity index (χ2v) is 7.60. The zero-order valence-corrected chi connectivity index (χ0v) is 14.3. The molecule has 0 saturated heterocycles. The predicted octanol–water partition coefficient (Wildman–Crippen LogP) is 5.67. The third kappa shape index (κ3) is 3.09. The van der Waals surface area contributed by atoms with Crippen molar-refractivity contribution in [3.63, 3.8) is 0 Å². The van der Waals surface area contributed by atoms with Crippen molar-refractivity contribution in [3.05, 3.63) is 28.8 Å². The van der Waals surface area contributed by atoms with Crippen molar-refractivity contribution in [3.8, 4) is 5.75 Å². The lowest BCUT2D eigenvalue weighted by atomic mass is 9.65. The summed E-state index contributed by atoms with van der Waals surface area (Å²) in [7, 11) is 1.71. The van der Waals surface area contributed by atoms with Crippen LogP contribution in [0.15, 0.2) is 18.2 Å². The van der Waals surface area contributed by atoms with Crippen molar-refractivity contribution < 1.29 is 4.74 Å². The van der Waals surface area contributed by atoms with Crippen molar-refractivity contribution in [1.29, 1.82) is 0 Å². The first-order valence-corrected chi connectivity index (χ1v) is 8.15. The Morgan fingerprint density at radius 1 is 1.25 bits per heavy atom. The van der Waals surface area contributed by atoms with Crippen LogP contribution in [0.5, 0.6) is 5.75 Å². The van der Waals surface area contributed by atoms with Crippen LogP contribution in [-0.2, 0) is 5.41 Å². The molecule has 0 heterocycles. The number of alkyl halides is 1. The number of hydrogen-bond donors (Lipinski definition) is 0. The molecule has 3 heteroatoms. The first kappa shape index (κ1) is 16.0. The highest BCUT2D eigenvalue weighted by molar-refractivity contribution is 6.30. The number of ether oxygens (including phenoxy) is 1. The molecule has 1 aromatic carbocycles. The van der Waals surface area contributed by atoms with E-state index in [4.69, 9.17) is 27.9 Å². The molecular formula is C17H24Cl2O. The van der Waals surface area contributed by atoms with Gasteiger partial charge in [0.25, 0.3) is 0 Å². The molecule has 0 N–H and O–H groups in total. The van der Waals surface area contributed by atoms with E-state index in [1.54, 1.807) is 7.11 Å². The van der Waals surface area contributed by atoms with E-state index in [-0.39, 0.29) is 10.8 Å². The topological polar surface area (TPSA) is 9.23 Å². The number of methoxy groups -OCH3 is 1. The van der Waals surface area contributed by atoms with Crippen LogP contribution in [-0.4, -0.2) is 12.5 Å². The molecule has 0 aliphatic heterocycles. The van der Waals surface area contributed by atoms with E-state index < -0.39 is 0 Å². The molecule has 0 aromatic heterocycles. The molecule has 1 nitrogen and oxygen atoms in total. The van der Waals surface area contributed by atoms with Gasteiger partial charge in [-0.3, -0.25) is 0 Å². The molecule has 1 aliphatic rings. The second kappa shape index (κ2) is 6.15. The second-order valence-electron chi connectivity index (χ2n) is 6.61. The minimum Gasteiger partial charge on any atom is -0.496 e. The molecule has 1 saturated carbocycles. The van der Waals surface area contributed by atoms with Gasteiger partial charge in [0, 0.05) is 16.0 Å². The quantitative estimate of drug-likeness (QED) is 0.653. The number of halogens is 2. The molecule has 1 aromatic rings. The van der Waals surface area contributed by atoms with E-state index in [2.05, 4.69) is 20.8 Å². The van der Waals surface area contributed by atoms with Gasteiger partial charge in [0.15, 0.2) is 0 Å². The lowest BCUT2D eigenvalue weighted by Crippen LogP contribution is -2.39. The van der Waals surface area contributed by atoms with Crippen molar-refractivity contribution >= 4 is 23.2 Å². The van der Waals surface area contributed by atoms with Gasteiger partial charge in [-0.2, -0.15) is 0 Å². The van der Waals surface area contributed by atoms with Crippen LogP contribution in [0.3, 0.4) is 0 Å². The Kier molecular flexibility index (Phi) is 4.92. The van der Waals surface area contributed by atoms with E-state index in [9.17, 15) is 0 Å². The molecule has 20 heavy (non-hydrogen) atoms. The van der Waals surface area contributed by atoms with Gasteiger partial charge in [0.1, 0.15) is 5.75 Å². The van der Waals surface area contributed by atoms with Crippen molar-refractivity contribution in [1.82, 2.24) is 0 Å².